The van der Waals surface area contributed by atoms with Gasteiger partial charge in [0.1, 0.15) is 0 Å². The summed E-state index contributed by atoms with van der Waals surface area (Å²) >= 11 is 0. The molecule has 2 rings (SSSR count). The van der Waals surface area contributed by atoms with Crippen molar-refractivity contribution < 1.29 is 18.4 Å². The second-order valence-corrected chi connectivity index (χ2v) is 5.31. The van der Waals surface area contributed by atoms with Crippen molar-refractivity contribution in [1.29, 1.82) is 0 Å². The highest BCUT2D eigenvalue weighted by Crippen LogP contribution is 2.36. The first-order valence-electron chi connectivity index (χ1n) is 6.73. The number of hydrogen-bond donors (Lipinski definition) is 2. The standard InChI is InChI=1S/C14H18F3N3O/c1-9-2-3-11(13(18)19-21)12(8-9)20-6-4-10(5-7-20)14(15,16)17/h2-3,8,10,21H,4-7H2,1H3,(H2,18,19). The van der Waals surface area contributed by atoms with Crippen LogP contribution in [0.2, 0.25) is 0 Å². The smallest absolute Gasteiger partial charge is 0.391 e. The molecule has 0 unspecified atom stereocenters. The van der Waals surface area contributed by atoms with E-state index in [1.54, 1.807) is 6.07 Å². The summed E-state index contributed by atoms with van der Waals surface area (Å²) in [7, 11) is 0. The third-order valence-electron chi connectivity index (χ3n) is 3.84. The minimum atomic E-state index is -4.13. The average molecular weight is 301 g/mol. The van der Waals surface area contributed by atoms with Crippen LogP contribution in [0.4, 0.5) is 18.9 Å². The lowest BCUT2D eigenvalue weighted by Crippen LogP contribution is -2.39. The maximum absolute atomic E-state index is 12.7. The molecular weight excluding hydrogens is 283 g/mol. The van der Waals surface area contributed by atoms with Crippen molar-refractivity contribution in [2.24, 2.45) is 16.8 Å². The fraction of sp³-hybridized carbons (Fsp3) is 0.500. The normalized spacial score (nSPS) is 18.1. The van der Waals surface area contributed by atoms with Crippen molar-refractivity contribution in [3.63, 3.8) is 0 Å². The van der Waals surface area contributed by atoms with E-state index in [4.69, 9.17) is 10.9 Å². The number of nitrogens with two attached hydrogens (primary N) is 1. The summed E-state index contributed by atoms with van der Waals surface area (Å²) in [4.78, 5) is 1.86. The van der Waals surface area contributed by atoms with E-state index in [-0.39, 0.29) is 18.7 Å². The van der Waals surface area contributed by atoms with Gasteiger partial charge in [0.25, 0.3) is 0 Å². The number of aryl methyl sites for hydroxylation is 1. The highest BCUT2D eigenvalue weighted by Gasteiger charge is 2.41. The van der Waals surface area contributed by atoms with Gasteiger partial charge in [-0.3, -0.25) is 0 Å². The minimum Gasteiger partial charge on any atom is -0.409 e. The Bertz CT molecular complexity index is 535. The SMILES string of the molecule is Cc1ccc(C(N)=NO)c(N2CCC(C(F)(F)F)CC2)c1. The van der Waals surface area contributed by atoms with Crippen LogP contribution in [0.25, 0.3) is 0 Å². The summed E-state index contributed by atoms with van der Waals surface area (Å²) in [5, 5.41) is 11.8. The highest BCUT2D eigenvalue weighted by atomic mass is 19.4. The number of piperidine rings is 1. The maximum atomic E-state index is 12.7. The number of oxime groups is 1. The van der Waals surface area contributed by atoms with Gasteiger partial charge in [-0.1, -0.05) is 11.2 Å². The van der Waals surface area contributed by atoms with E-state index in [1.807, 2.05) is 24.0 Å². The van der Waals surface area contributed by atoms with Gasteiger partial charge in [0, 0.05) is 24.3 Å². The first-order chi connectivity index (χ1) is 9.82. The molecule has 1 aliphatic rings. The maximum Gasteiger partial charge on any atom is 0.391 e. The second kappa shape index (κ2) is 5.83. The molecular formula is C14H18F3N3O. The molecule has 21 heavy (non-hydrogen) atoms. The van der Waals surface area contributed by atoms with Gasteiger partial charge in [0.05, 0.1) is 5.92 Å². The third-order valence-corrected chi connectivity index (χ3v) is 3.84. The Labute approximate surface area is 121 Å². The first-order valence-corrected chi connectivity index (χ1v) is 6.73. The number of halogens is 3. The number of anilines is 1. The minimum absolute atomic E-state index is 0.0389. The fourth-order valence-corrected chi connectivity index (χ4v) is 2.62. The predicted octanol–water partition coefficient (Wildman–Crippen LogP) is 2.87. The van der Waals surface area contributed by atoms with Crippen LogP contribution in [0, 0.1) is 12.8 Å². The monoisotopic (exact) mass is 301 g/mol. The quantitative estimate of drug-likeness (QED) is 0.382. The first kappa shape index (κ1) is 15.5. The second-order valence-electron chi connectivity index (χ2n) is 5.31. The molecule has 0 saturated carbocycles. The van der Waals surface area contributed by atoms with Gasteiger partial charge < -0.3 is 15.8 Å². The van der Waals surface area contributed by atoms with Crippen molar-refractivity contribution >= 4 is 11.5 Å². The topological polar surface area (TPSA) is 61.9 Å². The van der Waals surface area contributed by atoms with Crippen molar-refractivity contribution in [3.8, 4) is 0 Å². The molecule has 3 N–H and O–H groups in total. The van der Waals surface area contributed by atoms with Crippen LogP contribution in [0.15, 0.2) is 23.4 Å². The van der Waals surface area contributed by atoms with E-state index in [0.717, 1.165) is 5.56 Å². The predicted molar refractivity (Wildman–Crippen MR) is 74.7 cm³/mol. The number of rotatable bonds is 2. The highest BCUT2D eigenvalue weighted by molar-refractivity contribution is 6.02. The van der Waals surface area contributed by atoms with Crippen LogP contribution in [-0.2, 0) is 0 Å². The molecule has 116 valence electrons. The summed E-state index contributed by atoms with van der Waals surface area (Å²) in [5.41, 5.74) is 7.86. The van der Waals surface area contributed by atoms with Crippen LogP contribution in [-0.4, -0.2) is 30.3 Å². The molecule has 0 aromatic heterocycles. The van der Waals surface area contributed by atoms with E-state index in [1.165, 1.54) is 0 Å². The Morgan fingerprint density at radius 1 is 1.33 bits per heavy atom. The molecule has 0 aliphatic carbocycles. The van der Waals surface area contributed by atoms with Crippen LogP contribution >= 0.6 is 0 Å². The molecule has 1 aromatic rings. The van der Waals surface area contributed by atoms with E-state index >= 15 is 0 Å². The number of amidine groups is 1. The summed E-state index contributed by atoms with van der Waals surface area (Å²) in [6, 6.07) is 5.39. The Hall–Kier alpha value is -1.92. The zero-order valence-electron chi connectivity index (χ0n) is 11.7. The van der Waals surface area contributed by atoms with Gasteiger partial charge >= 0.3 is 6.18 Å². The Balaban J connectivity index is 2.22. The van der Waals surface area contributed by atoms with Crippen molar-refractivity contribution in [2.45, 2.75) is 25.9 Å². The lowest BCUT2D eigenvalue weighted by Gasteiger charge is -2.35. The van der Waals surface area contributed by atoms with Crippen molar-refractivity contribution in [1.82, 2.24) is 0 Å². The van der Waals surface area contributed by atoms with Crippen LogP contribution in [0.5, 0.6) is 0 Å². The zero-order chi connectivity index (χ0) is 15.6. The molecule has 4 nitrogen and oxygen atoms in total. The van der Waals surface area contributed by atoms with Crippen molar-refractivity contribution in [2.75, 3.05) is 18.0 Å². The number of hydrogen-bond acceptors (Lipinski definition) is 3. The van der Waals surface area contributed by atoms with Crippen LogP contribution < -0.4 is 10.6 Å². The van der Waals surface area contributed by atoms with E-state index in [9.17, 15) is 13.2 Å². The van der Waals surface area contributed by atoms with Crippen LogP contribution in [0.3, 0.4) is 0 Å². The Morgan fingerprint density at radius 2 is 1.95 bits per heavy atom. The largest absolute Gasteiger partial charge is 0.409 e. The fourth-order valence-electron chi connectivity index (χ4n) is 2.62. The molecule has 7 heteroatoms. The zero-order valence-corrected chi connectivity index (χ0v) is 11.7. The Kier molecular flexibility index (Phi) is 4.29. The van der Waals surface area contributed by atoms with Crippen LogP contribution in [0.1, 0.15) is 24.0 Å². The number of nitrogens with zero attached hydrogens (tertiary/aromatic N) is 2. The van der Waals surface area contributed by atoms with Crippen molar-refractivity contribution in [3.05, 3.63) is 29.3 Å². The summed E-state index contributed by atoms with van der Waals surface area (Å²) < 4.78 is 38.1. The molecule has 1 aliphatic heterocycles. The molecule has 0 spiro atoms. The lowest BCUT2D eigenvalue weighted by atomic mass is 9.95. The van der Waals surface area contributed by atoms with Gasteiger partial charge in [0.2, 0.25) is 0 Å². The summed E-state index contributed by atoms with van der Waals surface area (Å²) in [6.07, 6.45) is -4.01. The van der Waals surface area contributed by atoms with Gasteiger partial charge in [-0.25, -0.2) is 0 Å². The van der Waals surface area contributed by atoms with E-state index in [0.29, 0.717) is 24.3 Å². The number of alkyl halides is 3. The lowest BCUT2D eigenvalue weighted by molar-refractivity contribution is -0.179. The summed E-state index contributed by atoms with van der Waals surface area (Å²) in [5.74, 6) is -1.28. The molecule has 1 fully saturated rings. The van der Waals surface area contributed by atoms with Gasteiger partial charge in [-0.05, 0) is 37.5 Å². The van der Waals surface area contributed by atoms with E-state index in [2.05, 4.69) is 5.16 Å². The summed E-state index contributed by atoms with van der Waals surface area (Å²) in [6.45, 7) is 2.50. The van der Waals surface area contributed by atoms with Gasteiger partial charge in [-0.2, -0.15) is 13.2 Å². The molecule has 1 saturated heterocycles. The molecule has 1 aromatic carbocycles. The molecule has 0 amide bonds. The van der Waals surface area contributed by atoms with Gasteiger partial charge in [-0.15, -0.1) is 0 Å². The van der Waals surface area contributed by atoms with Gasteiger partial charge in [0.15, 0.2) is 5.84 Å². The third kappa shape index (κ3) is 3.40. The molecule has 0 radical (unpaired) electrons. The Morgan fingerprint density at radius 3 is 2.48 bits per heavy atom. The van der Waals surface area contributed by atoms with E-state index < -0.39 is 12.1 Å². The number of benzene rings is 1. The molecule has 0 bridgehead atoms. The average Bonchev–Trinajstić information content (AvgIpc) is 2.45. The molecule has 1 heterocycles. The molecule has 0 atom stereocenters.